The molecule has 13 heteroatoms. The fourth-order valence-electron chi connectivity index (χ4n) is 5.72. The lowest BCUT2D eigenvalue weighted by Gasteiger charge is -2.28. The van der Waals surface area contributed by atoms with E-state index in [0.29, 0.717) is 43.6 Å². The van der Waals surface area contributed by atoms with E-state index in [0.717, 1.165) is 0 Å². The highest BCUT2D eigenvalue weighted by atomic mass is 35.5. The third-order valence-corrected chi connectivity index (χ3v) is 9.16. The average molecular weight is 636 g/mol. The zero-order chi connectivity index (χ0) is 31.2. The molecule has 44 heavy (non-hydrogen) atoms. The molecule has 1 saturated carbocycles. The van der Waals surface area contributed by atoms with E-state index in [-0.39, 0.29) is 66.8 Å². The van der Waals surface area contributed by atoms with E-state index in [1.54, 1.807) is 31.2 Å². The monoisotopic (exact) mass is 635 g/mol. The number of aromatic nitrogens is 4. The Kier molecular flexibility index (Phi) is 7.77. The van der Waals surface area contributed by atoms with Crippen LogP contribution in [0.25, 0.3) is 32.2 Å². The van der Waals surface area contributed by atoms with Gasteiger partial charge in [0, 0.05) is 46.5 Å². The van der Waals surface area contributed by atoms with E-state index in [9.17, 15) is 28.7 Å². The average Bonchev–Trinajstić information content (AvgIpc) is 3.44. The lowest BCUT2D eigenvalue weighted by Crippen LogP contribution is -2.28. The van der Waals surface area contributed by atoms with E-state index >= 15 is 0 Å². The van der Waals surface area contributed by atoms with E-state index in [1.165, 1.54) is 33.7 Å². The first-order valence-corrected chi connectivity index (χ1v) is 15.0. The highest BCUT2D eigenvalue weighted by Crippen LogP contribution is 2.42. The molecule has 0 spiro atoms. The molecule has 0 bridgehead atoms. The number of nitriles is 1. The molecule has 4 aromatic heterocycles. The number of alkyl halides is 2. The van der Waals surface area contributed by atoms with E-state index in [1.807, 2.05) is 0 Å². The van der Waals surface area contributed by atoms with E-state index in [2.05, 4.69) is 21.0 Å². The minimum absolute atomic E-state index is 0.0547. The number of hydrogen-bond donors (Lipinski definition) is 1. The number of ether oxygens (including phenoxy) is 1. The van der Waals surface area contributed by atoms with Crippen molar-refractivity contribution in [3.05, 3.63) is 80.1 Å². The van der Waals surface area contributed by atoms with Gasteiger partial charge in [0.15, 0.2) is 0 Å². The first-order valence-electron chi connectivity index (χ1n) is 13.8. The smallest absolute Gasteiger partial charge is 0.338 e. The molecular weight excluding hydrogens is 612 g/mol. The standard InChI is InChI=1S/C31H24ClF2N5O4S/c1-16-38-23-14-37-26(17-4-7-31(33,34)8-5-17)21(13-35)25(23)29(40)39(16)10-11-43-24-3-2-18(32)12-20(24)19-6-9-36-27-22(30(41)42)15-44-28(19)27/h2-3,6,9,12,14-15,17H,4-5,7-8,10-11H2,1H3,(H,41,42). The molecule has 224 valence electrons. The van der Waals surface area contributed by atoms with Gasteiger partial charge in [-0.1, -0.05) is 11.6 Å². The number of fused-ring (bicyclic) bond motifs is 2. The second-order valence-corrected chi connectivity index (χ2v) is 11.9. The zero-order valence-electron chi connectivity index (χ0n) is 23.3. The van der Waals surface area contributed by atoms with Crippen LogP contribution in [0.5, 0.6) is 5.75 Å². The summed E-state index contributed by atoms with van der Waals surface area (Å²) in [5.41, 5.74) is 2.05. The highest BCUT2D eigenvalue weighted by Gasteiger charge is 2.37. The summed E-state index contributed by atoms with van der Waals surface area (Å²) in [6.45, 7) is 1.82. The van der Waals surface area contributed by atoms with Gasteiger partial charge in [0.05, 0.1) is 50.7 Å². The molecule has 1 aromatic carbocycles. The Bertz CT molecular complexity index is 2050. The number of rotatable bonds is 7. The van der Waals surface area contributed by atoms with Gasteiger partial charge in [-0.2, -0.15) is 5.26 Å². The number of thiophene rings is 1. The number of aryl methyl sites for hydroxylation is 1. The van der Waals surface area contributed by atoms with Gasteiger partial charge in [-0.15, -0.1) is 11.3 Å². The molecule has 4 heterocycles. The minimum Gasteiger partial charge on any atom is -0.491 e. The SMILES string of the molecule is Cc1nc2cnc(C3CCC(F)(F)CC3)c(C#N)c2c(=O)n1CCOc1ccc(Cl)cc1-c1ccnc2c(C(=O)O)csc12. The minimum atomic E-state index is -2.73. The van der Waals surface area contributed by atoms with Crippen LogP contribution < -0.4 is 10.3 Å². The fourth-order valence-corrected chi connectivity index (χ4v) is 6.92. The molecule has 0 unspecified atom stereocenters. The zero-order valence-corrected chi connectivity index (χ0v) is 24.9. The van der Waals surface area contributed by atoms with Crippen LogP contribution in [0.4, 0.5) is 8.78 Å². The topological polar surface area (TPSA) is 131 Å². The largest absolute Gasteiger partial charge is 0.491 e. The van der Waals surface area contributed by atoms with Gasteiger partial charge in [-0.3, -0.25) is 19.3 Å². The molecule has 6 rings (SSSR count). The molecule has 1 aliphatic carbocycles. The summed E-state index contributed by atoms with van der Waals surface area (Å²) < 4.78 is 35.8. The second-order valence-electron chi connectivity index (χ2n) is 10.6. The summed E-state index contributed by atoms with van der Waals surface area (Å²) in [5, 5.41) is 21.7. The van der Waals surface area contributed by atoms with Crippen molar-refractivity contribution in [3.8, 4) is 22.9 Å². The molecule has 0 atom stereocenters. The first-order chi connectivity index (χ1) is 21.1. The predicted molar refractivity (Wildman–Crippen MR) is 162 cm³/mol. The van der Waals surface area contributed by atoms with Crippen LogP contribution in [0.1, 0.15) is 59.0 Å². The van der Waals surface area contributed by atoms with Gasteiger partial charge < -0.3 is 9.84 Å². The van der Waals surface area contributed by atoms with Gasteiger partial charge in [-0.25, -0.2) is 18.6 Å². The van der Waals surface area contributed by atoms with Gasteiger partial charge in [0.25, 0.3) is 5.56 Å². The number of carbonyl (C=O) groups is 1. The maximum Gasteiger partial charge on any atom is 0.338 e. The summed E-state index contributed by atoms with van der Waals surface area (Å²) in [6, 6.07) is 8.93. The quantitative estimate of drug-likeness (QED) is 0.203. The summed E-state index contributed by atoms with van der Waals surface area (Å²) in [6.07, 6.45) is 2.74. The number of nitrogens with zero attached hydrogens (tertiary/aromatic N) is 5. The molecule has 0 radical (unpaired) electrons. The second kappa shape index (κ2) is 11.6. The van der Waals surface area contributed by atoms with Crippen molar-refractivity contribution in [2.24, 2.45) is 0 Å². The third kappa shape index (κ3) is 5.37. The van der Waals surface area contributed by atoms with E-state index < -0.39 is 17.5 Å². The van der Waals surface area contributed by atoms with Gasteiger partial charge in [0.2, 0.25) is 5.92 Å². The maximum absolute atomic E-state index is 13.8. The lowest BCUT2D eigenvalue weighted by molar-refractivity contribution is -0.0385. The van der Waals surface area contributed by atoms with Crippen LogP contribution >= 0.6 is 22.9 Å². The number of benzene rings is 1. The Morgan fingerprint density at radius 1 is 1.25 bits per heavy atom. The van der Waals surface area contributed by atoms with Crippen LogP contribution in [0.3, 0.4) is 0 Å². The van der Waals surface area contributed by atoms with Crippen molar-refractivity contribution >= 4 is 50.0 Å². The number of carboxylic acid groups (broad SMARTS) is 1. The van der Waals surface area contributed by atoms with Crippen LogP contribution in [-0.4, -0.2) is 43.1 Å². The number of halogens is 3. The Morgan fingerprint density at radius 3 is 2.75 bits per heavy atom. The maximum atomic E-state index is 13.8. The van der Waals surface area contributed by atoms with Crippen molar-refractivity contribution in [3.63, 3.8) is 0 Å². The van der Waals surface area contributed by atoms with Crippen molar-refractivity contribution in [2.75, 3.05) is 6.61 Å². The summed E-state index contributed by atoms with van der Waals surface area (Å²) in [4.78, 5) is 38.6. The van der Waals surface area contributed by atoms with Crippen molar-refractivity contribution in [2.45, 2.75) is 51.0 Å². The number of pyridine rings is 2. The number of carboxylic acids is 1. The Hall–Kier alpha value is -4.47. The molecule has 1 fully saturated rings. The van der Waals surface area contributed by atoms with E-state index in [4.69, 9.17) is 16.3 Å². The molecule has 0 saturated heterocycles. The molecule has 0 aliphatic heterocycles. The van der Waals surface area contributed by atoms with Crippen LogP contribution in [0.2, 0.25) is 5.02 Å². The molecule has 1 aliphatic rings. The predicted octanol–water partition coefficient (Wildman–Crippen LogP) is 6.97. The Balaban J connectivity index is 1.31. The molecule has 0 amide bonds. The van der Waals surface area contributed by atoms with Gasteiger partial charge >= 0.3 is 5.97 Å². The highest BCUT2D eigenvalue weighted by molar-refractivity contribution is 7.18. The number of aromatic carboxylic acids is 1. The summed E-state index contributed by atoms with van der Waals surface area (Å²) >= 11 is 7.58. The molecule has 9 nitrogen and oxygen atoms in total. The van der Waals surface area contributed by atoms with Crippen LogP contribution in [0, 0.1) is 18.3 Å². The third-order valence-electron chi connectivity index (χ3n) is 7.92. The van der Waals surface area contributed by atoms with Crippen LogP contribution in [-0.2, 0) is 6.54 Å². The fraction of sp³-hybridized carbons (Fsp3) is 0.290. The normalized spacial score (nSPS) is 15.0. The lowest BCUT2D eigenvalue weighted by atomic mass is 9.82. The van der Waals surface area contributed by atoms with Gasteiger partial charge in [0.1, 0.15) is 24.3 Å². The molecule has 5 aromatic rings. The van der Waals surface area contributed by atoms with Crippen molar-refractivity contribution in [1.82, 2.24) is 19.5 Å². The van der Waals surface area contributed by atoms with Crippen LogP contribution in [0.15, 0.2) is 46.8 Å². The Labute approximate surface area is 258 Å². The molecule has 1 N–H and O–H groups in total. The molecular formula is C31H24ClF2N5O4S. The van der Waals surface area contributed by atoms with Crippen molar-refractivity contribution in [1.29, 1.82) is 5.26 Å². The summed E-state index contributed by atoms with van der Waals surface area (Å²) in [7, 11) is 0. The summed E-state index contributed by atoms with van der Waals surface area (Å²) in [5.74, 6) is -3.29. The Morgan fingerprint density at radius 2 is 2.02 bits per heavy atom. The first kappa shape index (κ1) is 29.6. The number of hydrogen-bond acceptors (Lipinski definition) is 8. The van der Waals surface area contributed by atoms with Crippen molar-refractivity contribution < 1.29 is 23.4 Å². The van der Waals surface area contributed by atoms with Gasteiger partial charge in [-0.05, 0) is 44.0 Å².